The Hall–Kier alpha value is -1.26. The van der Waals surface area contributed by atoms with Gasteiger partial charge in [-0.05, 0) is 12.3 Å². The number of unbranched alkanes of at least 4 members (excludes halogenated alkanes) is 3. The van der Waals surface area contributed by atoms with E-state index in [1.54, 1.807) is 0 Å². The molecule has 5 nitrogen and oxygen atoms in total. The predicted molar refractivity (Wildman–Crippen MR) is 69.3 cm³/mol. The number of hydrogen-bond acceptors (Lipinski definition) is 4. The molecule has 0 aromatic carbocycles. The average molecular weight is 259 g/mol. The van der Waals surface area contributed by atoms with E-state index in [2.05, 4.69) is 17.0 Å². The minimum atomic E-state index is -0.649. The highest BCUT2D eigenvalue weighted by molar-refractivity contribution is 5.81. The highest BCUT2D eigenvalue weighted by atomic mass is 16.5. The first-order valence-corrected chi connectivity index (χ1v) is 6.54. The first-order valence-electron chi connectivity index (χ1n) is 6.54. The van der Waals surface area contributed by atoms with Crippen LogP contribution < -0.4 is 5.32 Å². The maximum Gasteiger partial charge on any atom is 0.407 e. The molecule has 18 heavy (non-hydrogen) atoms. The van der Waals surface area contributed by atoms with E-state index in [1.807, 2.05) is 13.8 Å². The van der Waals surface area contributed by atoms with Gasteiger partial charge in [0, 0.05) is 0 Å². The van der Waals surface area contributed by atoms with Crippen LogP contribution in [0.3, 0.4) is 0 Å². The normalized spacial score (nSPS) is 12.1. The zero-order valence-corrected chi connectivity index (χ0v) is 11.8. The van der Waals surface area contributed by atoms with E-state index >= 15 is 0 Å². The van der Waals surface area contributed by atoms with Crippen molar-refractivity contribution in [3.8, 4) is 0 Å². The third-order valence-electron chi connectivity index (χ3n) is 2.62. The number of methoxy groups -OCH3 is 1. The van der Waals surface area contributed by atoms with Gasteiger partial charge in [0.05, 0.1) is 13.7 Å². The molecule has 0 aliphatic heterocycles. The molecule has 1 atom stereocenters. The van der Waals surface area contributed by atoms with Crippen molar-refractivity contribution in [3.05, 3.63) is 0 Å². The van der Waals surface area contributed by atoms with Gasteiger partial charge in [-0.25, -0.2) is 9.59 Å². The summed E-state index contributed by atoms with van der Waals surface area (Å²) in [6.45, 7) is 6.23. The summed E-state index contributed by atoms with van der Waals surface area (Å²) in [5, 5.41) is 2.48. The molecule has 0 aliphatic carbocycles. The lowest BCUT2D eigenvalue weighted by Crippen LogP contribution is -2.45. The van der Waals surface area contributed by atoms with Crippen LogP contribution in [0.1, 0.15) is 46.5 Å². The maximum absolute atomic E-state index is 11.8. The van der Waals surface area contributed by atoms with E-state index in [1.165, 1.54) is 7.11 Å². The summed E-state index contributed by atoms with van der Waals surface area (Å²) in [6, 6.07) is -0.649. The number of carbonyl (C=O) groups excluding carboxylic acids is 2. The van der Waals surface area contributed by atoms with Crippen molar-refractivity contribution in [1.29, 1.82) is 0 Å². The molecule has 1 amide bonds. The van der Waals surface area contributed by atoms with Crippen molar-refractivity contribution in [2.75, 3.05) is 13.7 Å². The van der Waals surface area contributed by atoms with Crippen molar-refractivity contribution in [3.63, 3.8) is 0 Å². The fraction of sp³-hybridized carbons (Fsp3) is 0.846. The number of hydrogen-bond donors (Lipinski definition) is 1. The third-order valence-corrected chi connectivity index (χ3v) is 2.62. The molecule has 0 aliphatic rings. The Labute approximate surface area is 109 Å². The molecular formula is C13H25NO4. The number of esters is 1. The van der Waals surface area contributed by atoms with E-state index in [0.717, 1.165) is 25.7 Å². The summed E-state index contributed by atoms with van der Waals surface area (Å²) in [4.78, 5) is 22.9. The molecule has 0 saturated carbocycles. The minimum Gasteiger partial charge on any atom is -0.464 e. The molecule has 0 aromatic rings. The molecule has 0 fully saturated rings. The average Bonchev–Trinajstić information content (AvgIpc) is 2.34. The Bertz CT molecular complexity index is 253. The van der Waals surface area contributed by atoms with Gasteiger partial charge in [0.15, 0.2) is 0 Å². The largest absolute Gasteiger partial charge is 0.464 e. The van der Waals surface area contributed by atoms with E-state index in [4.69, 9.17) is 4.74 Å². The Morgan fingerprint density at radius 3 is 2.33 bits per heavy atom. The molecule has 0 aromatic heterocycles. The number of amides is 1. The van der Waals surface area contributed by atoms with Gasteiger partial charge in [0.25, 0.3) is 0 Å². The van der Waals surface area contributed by atoms with Gasteiger partial charge in [-0.15, -0.1) is 0 Å². The number of carbonyl (C=O) groups is 2. The quantitative estimate of drug-likeness (QED) is 0.537. The predicted octanol–water partition coefficient (Wildman–Crippen LogP) is 2.49. The van der Waals surface area contributed by atoms with Crippen LogP contribution in [-0.4, -0.2) is 31.8 Å². The van der Waals surface area contributed by atoms with Crippen LogP contribution in [-0.2, 0) is 14.3 Å². The Balaban J connectivity index is 4.03. The monoisotopic (exact) mass is 259 g/mol. The molecule has 106 valence electrons. The Morgan fingerprint density at radius 2 is 1.83 bits per heavy atom. The second-order valence-corrected chi connectivity index (χ2v) is 4.59. The van der Waals surface area contributed by atoms with Crippen molar-refractivity contribution >= 4 is 12.1 Å². The molecule has 0 heterocycles. The third kappa shape index (κ3) is 7.14. The summed E-state index contributed by atoms with van der Waals surface area (Å²) in [6.07, 6.45) is 3.60. The van der Waals surface area contributed by atoms with E-state index < -0.39 is 18.1 Å². The molecule has 0 radical (unpaired) electrons. The molecule has 0 saturated heterocycles. The zero-order valence-electron chi connectivity index (χ0n) is 11.8. The highest BCUT2D eigenvalue weighted by Gasteiger charge is 2.25. The number of nitrogens with one attached hydrogen (secondary N) is 1. The van der Waals surface area contributed by atoms with Crippen LogP contribution in [0.5, 0.6) is 0 Å². The summed E-state index contributed by atoms with van der Waals surface area (Å²) in [5.74, 6) is -0.431. The van der Waals surface area contributed by atoms with E-state index in [0.29, 0.717) is 6.61 Å². The molecular weight excluding hydrogens is 234 g/mol. The number of alkyl carbamates (subject to hydrolysis) is 1. The standard InChI is InChI=1S/C13H25NO4/c1-5-6-7-8-9-18-12(15)11(10(2)3)14-13(16)17-4/h10-11H,5-9H2,1-4H3,(H,14,16)/t11-/m0/s1. The smallest absolute Gasteiger partial charge is 0.407 e. The zero-order chi connectivity index (χ0) is 14.0. The molecule has 5 heteroatoms. The van der Waals surface area contributed by atoms with Crippen LogP contribution in [0.15, 0.2) is 0 Å². The summed E-state index contributed by atoms with van der Waals surface area (Å²) >= 11 is 0. The fourth-order valence-electron chi connectivity index (χ4n) is 1.48. The molecule has 0 bridgehead atoms. The van der Waals surface area contributed by atoms with Crippen LogP contribution in [0.2, 0.25) is 0 Å². The number of rotatable bonds is 8. The maximum atomic E-state index is 11.8. The van der Waals surface area contributed by atoms with Crippen molar-refractivity contribution in [2.24, 2.45) is 5.92 Å². The van der Waals surface area contributed by atoms with Crippen molar-refractivity contribution in [2.45, 2.75) is 52.5 Å². The van der Waals surface area contributed by atoms with Gasteiger partial charge < -0.3 is 14.8 Å². The van der Waals surface area contributed by atoms with E-state index in [-0.39, 0.29) is 5.92 Å². The number of ether oxygens (including phenoxy) is 2. The summed E-state index contributed by atoms with van der Waals surface area (Å²) < 4.78 is 9.63. The SMILES string of the molecule is CCCCCCOC(=O)[C@@H](NC(=O)OC)C(C)C. The lowest BCUT2D eigenvalue weighted by Gasteiger charge is -2.19. The first kappa shape index (κ1) is 16.7. The molecule has 0 rings (SSSR count). The van der Waals surface area contributed by atoms with Crippen LogP contribution in [0, 0.1) is 5.92 Å². The fourth-order valence-corrected chi connectivity index (χ4v) is 1.48. The molecule has 0 unspecified atom stereocenters. The Morgan fingerprint density at radius 1 is 1.17 bits per heavy atom. The second kappa shape index (κ2) is 9.74. The topological polar surface area (TPSA) is 64.6 Å². The lowest BCUT2D eigenvalue weighted by molar-refractivity contribution is -0.147. The van der Waals surface area contributed by atoms with Gasteiger partial charge >= 0.3 is 12.1 Å². The van der Waals surface area contributed by atoms with E-state index in [9.17, 15) is 9.59 Å². The summed E-state index contributed by atoms with van der Waals surface area (Å²) in [5.41, 5.74) is 0. The van der Waals surface area contributed by atoms with Crippen LogP contribution >= 0.6 is 0 Å². The second-order valence-electron chi connectivity index (χ2n) is 4.59. The van der Waals surface area contributed by atoms with Crippen LogP contribution in [0.25, 0.3) is 0 Å². The lowest BCUT2D eigenvalue weighted by atomic mass is 10.1. The van der Waals surface area contributed by atoms with Gasteiger partial charge in [-0.2, -0.15) is 0 Å². The van der Waals surface area contributed by atoms with Crippen LogP contribution in [0.4, 0.5) is 4.79 Å². The van der Waals surface area contributed by atoms with Gasteiger partial charge in [-0.1, -0.05) is 40.0 Å². The molecule has 0 spiro atoms. The minimum absolute atomic E-state index is 0.0350. The van der Waals surface area contributed by atoms with Gasteiger partial charge in [-0.3, -0.25) is 0 Å². The summed E-state index contributed by atoms with van der Waals surface area (Å²) in [7, 11) is 1.27. The Kier molecular flexibility index (Phi) is 9.06. The molecule has 1 N–H and O–H groups in total. The first-order chi connectivity index (χ1) is 8.52. The van der Waals surface area contributed by atoms with Gasteiger partial charge in [0.1, 0.15) is 6.04 Å². The highest BCUT2D eigenvalue weighted by Crippen LogP contribution is 2.06. The van der Waals surface area contributed by atoms with Crippen molar-refractivity contribution < 1.29 is 19.1 Å². The van der Waals surface area contributed by atoms with Crippen molar-refractivity contribution in [1.82, 2.24) is 5.32 Å². The van der Waals surface area contributed by atoms with Gasteiger partial charge in [0.2, 0.25) is 0 Å².